The van der Waals surface area contributed by atoms with Crippen molar-refractivity contribution in [3.8, 4) is 0 Å². The molecule has 0 radical (unpaired) electrons. The summed E-state index contributed by atoms with van der Waals surface area (Å²) in [4.78, 5) is 16.8. The van der Waals surface area contributed by atoms with E-state index in [2.05, 4.69) is 45.4 Å². The molecule has 2 aliphatic rings. The standard InChI is InChI=1S/C19H29N3O2/c23-19(20-15-18-7-4-14-24-18)16-22-12-10-21(11-13-22)9-8-17-5-2-1-3-6-17/h1-3,5-6,18H,4,7-16H2,(H,20,23). The van der Waals surface area contributed by atoms with Crippen LogP contribution in [0.1, 0.15) is 18.4 Å². The van der Waals surface area contributed by atoms with Crippen LogP contribution in [0.5, 0.6) is 0 Å². The first-order valence-corrected chi connectivity index (χ1v) is 9.16. The normalized spacial score (nSPS) is 22.6. The monoisotopic (exact) mass is 331 g/mol. The van der Waals surface area contributed by atoms with Crippen LogP contribution in [0.25, 0.3) is 0 Å². The van der Waals surface area contributed by atoms with E-state index in [-0.39, 0.29) is 12.0 Å². The van der Waals surface area contributed by atoms with Gasteiger partial charge in [0, 0.05) is 45.9 Å². The molecule has 0 bridgehead atoms. The fourth-order valence-corrected chi connectivity index (χ4v) is 3.39. The molecule has 1 aromatic rings. The van der Waals surface area contributed by atoms with Gasteiger partial charge in [-0.25, -0.2) is 0 Å². The van der Waals surface area contributed by atoms with Crippen LogP contribution in [0, 0.1) is 0 Å². The van der Waals surface area contributed by atoms with E-state index < -0.39 is 0 Å². The summed E-state index contributed by atoms with van der Waals surface area (Å²) in [5, 5.41) is 3.01. The van der Waals surface area contributed by atoms with E-state index in [1.54, 1.807) is 0 Å². The average molecular weight is 331 g/mol. The van der Waals surface area contributed by atoms with Gasteiger partial charge in [-0.05, 0) is 24.8 Å². The van der Waals surface area contributed by atoms with Gasteiger partial charge in [-0.15, -0.1) is 0 Å². The number of carbonyl (C=O) groups is 1. The third kappa shape index (κ3) is 5.58. The number of piperazine rings is 1. The lowest BCUT2D eigenvalue weighted by atomic mass is 10.1. The molecule has 1 atom stereocenters. The number of carbonyl (C=O) groups excluding carboxylic acids is 1. The lowest BCUT2D eigenvalue weighted by molar-refractivity contribution is -0.123. The number of benzene rings is 1. The quantitative estimate of drug-likeness (QED) is 0.814. The van der Waals surface area contributed by atoms with Gasteiger partial charge in [0.25, 0.3) is 0 Å². The smallest absolute Gasteiger partial charge is 0.234 e. The van der Waals surface area contributed by atoms with Crippen LogP contribution in [0.2, 0.25) is 0 Å². The highest BCUT2D eigenvalue weighted by molar-refractivity contribution is 5.78. The molecule has 24 heavy (non-hydrogen) atoms. The number of hydrogen-bond donors (Lipinski definition) is 1. The molecule has 5 nitrogen and oxygen atoms in total. The molecule has 1 N–H and O–H groups in total. The highest BCUT2D eigenvalue weighted by atomic mass is 16.5. The maximum Gasteiger partial charge on any atom is 0.234 e. The van der Waals surface area contributed by atoms with Crippen LogP contribution >= 0.6 is 0 Å². The zero-order valence-corrected chi connectivity index (χ0v) is 14.5. The van der Waals surface area contributed by atoms with Crippen molar-refractivity contribution in [3.63, 3.8) is 0 Å². The highest BCUT2D eigenvalue weighted by Crippen LogP contribution is 2.10. The molecule has 132 valence electrons. The Bertz CT molecular complexity index is 495. The molecule has 2 saturated heterocycles. The van der Waals surface area contributed by atoms with Gasteiger partial charge in [0.15, 0.2) is 0 Å². The molecule has 5 heteroatoms. The summed E-state index contributed by atoms with van der Waals surface area (Å²) in [7, 11) is 0. The fraction of sp³-hybridized carbons (Fsp3) is 0.632. The molecule has 2 aliphatic heterocycles. The van der Waals surface area contributed by atoms with Gasteiger partial charge in [-0.2, -0.15) is 0 Å². The molecule has 3 rings (SSSR count). The van der Waals surface area contributed by atoms with Crippen LogP contribution in [0.15, 0.2) is 30.3 Å². The van der Waals surface area contributed by atoms with Gasteiger partial charge in [-0.3, -0.25) is 9.69 Å². The van der Waals surface area contributed by atoms with Gasteiger partial charge in [-0.1, -0.05) is 30.3 Å². The third-order valence-corrected chi connectivity index (χ3v) is 4.94. The summed E-state index contributed by atoms with van der Waals surface area (Å²) >= 11 is 0. The van der Waals surface area contributed by atoms with E-state index in [1.807, 2.05) is 0 Å². The number of rotatable bonds is 7. The molecule has 0 spiro atoms. The maximum absolute atomic E-state index is 12.0. The molecule has 0 saturated carbocycles. The van der Waals surface area contributed by atoms with Crippen LogP contribution < -0.4 is 5.32 Å². The van der Waals surface area contributed by atoms with Crippen LogP contribution in [-0.2, 0) is 16.0 Å². The summed E-state index contributed by atoms with van der Waals surface area (Å²) < 4.78 is 5.54. The van der Waals surface area contributed by atoms with E-state index in [0.29, 0.717) is 13.1 Å². The Morgan fingerprint density at radius 2 is 1.88 bits per heavy atom. The van der Waals surface area contributed by atoms with Crippen molar-refractivity contribution in [2.24, 2.45) is 0 Å². The first-order chi connectivity index (χ1) is 11.8. The fourth-order valence-electron chi connectivity index (χ4n) is 3.39. The third-order valence-electron chi connectivity index (χ3n) is 4.94. The minimum Gasteiger partial charge on any atom is -0.376 e. The zero-order chi connectivity index (χ0) is 16.6. The van der Waals surface area contributed by atoms with Crippen LogP contribution in [0.4, 0.5) is 0 Å². The summed E-state index contributed by atoms with van der Waals surface area (Å²) in [6.45, 7) is 7.16. The molecule has 1 aromatic carbocycles. The van der Waals surface area contributed by atoms with Gasteiger partial charge >= 0.3 is 0 Å². The van der Waals surface area contributed by atoms with Crippen LogP contribution in [-0.4, -0.2) is 74.2 Å². The van der Waals surface area contributed by atoms with E-state index in [1.165, 1.54) is 5.56 Å². The lowest BCUT2D eigenvalue weighted by Crippen LogP contribution is -2.50. The number of nitrogens with one attached hydrogen (secondary N) is 1. The van der Waals surface area contributed by atoms with Crippen molar-refractivity contribution in [2.75, 3.05) is 52.4 Å². The summed E-state index contributed by atoms with van der Waals surface area (Å²) in [5.41, 5.74) is 1.40. The largest absolute Gasteiger partial charge is 0.376 e. The van der Waals surface area contributed by atoms with Crippen molar-refractivity contribution >= 4 is 5.91 Å². The van der Waals surface area contributed by atoms with E-state index in [4.69, 9.17) is 4.74 Å². The first kappa shape index (κ1) is 17.4. The molecule has 1 amide bonds. The van der Waals surface area contributed by atoms with Crippen molar-refractivity contribution in [3.05, 3.63) is 35.9 Å². The minimum atomic E-state index is 0.128. The van der Waals surface area contributed by atoms with Gasteiger partial charge in [0.1, 0.15) is 0 Å². The second kappa shape index (κ2) is 9.16. The number of ether oxygens (including phenoxy) is 1. The molecule has 1 unspecified atom stereocenters. The molecule has 2 fully saturated rings. The number of hydrogen-bond acceptors (Lipinski definition) is 4. The molecule has 0 aromatic heterocycles. The Hall–Kier alpha value is -1.43. The van der Waals surface area contributed by atoms with E-state index in [0.717, 1.165) is 58.6 Å². The van der Waals surface area contributed by atoms with Gasteiger partial charge < -0.3 is 15.0 Å². The second-order valence-electron chi connectivity index (χ2n) is 6.79. The maximum atomic E-state index is 12.0. The summed E-state index contributed by atoms with van der Waals surface area (Å²) in [6, 6.07) is 10.6. The number of nitrogens with zero attached hydrogens (tertiary/aromatic N) is 2. The SMILES string of the molecule is O=C(CN1CCN(CCc2ccccc2)CC1)NCC1CCCO1. The van der Waals surface area contributed by atoms with Crippen molar-refractivity contribution in [1.82, 2.24) is 15.1 Å². The van der Waals surface area contributed by atoms with Crippen molar-refractivity contribution in [1.29, 1.82) is 0 Å². The van der Waals surface area contributed by atoms with E-state index >= 15 is 0 Å². The predicted octanol–water partition coefficient (Wildman–Crippen LogP) is 1.14. The zero-order valence-electron chi connectivity index (χ0n) is 14.5. The highest BCUT2D eigenvalue weighted by Gasteiger charge is 2.20. The van der Waals surface area contributed by atoms with E-state index in [9.17, 15) is 4.79 Å². The Morgan fingerprint density at radius 1 is 1.12 bits per heavy atom. The van der Waals surface area contributed by atoms with Crippen molar-refractivity contribution in [2.45, 2.75) is 25.4 Å². The Balaban J connectivity index is 1.29. The first-order valence-electron chi connectivity index (χ1n) is 9.16. The molecule has 0 aliphatic carbocycles. The Morgan fingerprint density at radius 3 is 2.58 bits per heavy atom. The second-order valence-corrected chi connectivity index (χ2v) is 6.79. The minimum absolute atomic E-state index is 0.128. The van der Waals surface area contributed by atoms with Gasteiger partial charge in [0.05, 0.1) is 12.6 Å². The Kier molecular flexibility index (Phi) is 6.64. The topological polar surface area (TPSA) is 44.8 Å². The average Bonchev–Trinajstić information content (AvgIpc) is 3.14. The van der Waals surface area contributed by atoms with Crippen molar-refractivity contribution < 1.29 is 9.53 Å². The molecule has 2 heterocycles. The van der Waals surface area contributed by atoms with Gasteiger partial charge in [0.2, 0.25) is 5.91 Å². The summed E-state index contributed by atoms with van der Waals surface area (Å²) in [5.74, 6) is 0.128. The summed E-state index contributed by atoms with van der Waals surface area (Å²) in [6.07, 6.45) is 3.51. The number of amides is 1. The molecular weight excluding hydrogens is 302 g/mol. The lowest BCUT2D eigenvalue weighted by Gasteiger charge is -2.34. The molecular formula is C19H29N3O2. The predicted molar refractivity (Wildman–Crippen MR) is 95.0 cm³/mol. The van der Waals surface area contributed by atoms with Crippen LogP contribution in [0.3, 0.4) is 0 Å². The Labute approximate surface area is 145 Å².